The predicted molar refractivity (Wildman–Crippen MR) is 123 cm³/mol. The number of methoxy groups -OCH3 is 1. The second-order valence-electron chi connectivity index (χ2n) is 8.53. The third-order valence-electron chi connectivity index (χ3n) is 6.55. The van der Waals surface area contributed by atoms with Crippen molar-refractivity contribution in [2.45, 2.75) is 44.1 Å². The molecule has 1 spiro atoms. The van der Waals surface area contributed by atoms with Crippen LogP contribution in [-0.4, -0.2) is 48.4 Å². The highest BCUT2D eigenvalue weighted by atomic mass is 16.5. The van der Waals surface area contributed by atoms with E-state index in [1.54, 1.807) is 31.4 Å². The zero-order valence-corrected chi connectivity index (χ0v) is 18.5. The van der Waals surface area contributed by atoms with E-state index >= 15 is 0 Å². The van der Waals surface area contributed by atoms with Crippen LogP contribution in [0.4, 0.5) is 11.4 Å². The number of ether oxygens (including phenoxy) is 1. The average molecular weight is 436 g/mol. The first-order valence-corrected chi connectivity index (χ1v) is 11.0. The summed E-state index contributed by atoms with van der Waals surface area (Å²) in [4.78, 5) is 40.3. The molecule has 168 valence electrons. The van der Waals surface area contributed by atoms with Crippen LogP contribution in [0, 0.1) is 0 Å². The second-order valence-corrected chi connectivity index (χ2v) is 8.53. The SMILES string of the molecule is COCCN1C(=O)c2ccccc2[C@H](C(=O)Nc2ccc(NC(C)=O)cc2)C12CCCC2. The first kappa shape index (κ1) is 22.0. The molecular weight excluding hydrogens is 406 g/mol. The number of hydrogen-bond donors (Lipinski definition) is 2. The number of carbonyl (C=O) groups is 3. The Balaban J connectivity index is 1.69. The van der Waals surface area contributed by atoms with Crippen LogP contribution < -0.4 is 10.6 Å². The van der Waals surface area contributed by atoms with Crippen molar-refractivity contribution in [3.05, 3.63) is 59.7 Å². The fraction of sp³-hybridized carbons (Fsp3) is 0.400. The van der Waals surface area contributed by atoms with E-state index in [1.165, 1.54) is 6.92 Å². The van der Waals surface area contributed by atoms with Gasteiger partial charge in [-0.1, -0.05) is 31.0 Å². The lowest BCUT2D eigenvalue weighted by Gasteiger charge is -2.50. The van der Waals surface area contributed by atoms with E-state index in [-0.39, 0.29) is 17.7 Å². The molecule has 1 heterocycles. The lowest BCUT2D eigenvalue weighted by Crippen LogP contribution is -2.60. The highest BCUT2D eigenvalue weighted by Gasteiger charge is 2.55. The molecular formula is C25H29N3O4. The quantitative estimate of drug-likeness (QED) is 0.723. The van der Waals surface area contributed by atoms with Crippen LogP contribution in [0.25, 0.3) is 0 Å². The molecule has 3 amide bonds. The lowest BCUT2D eigenvalue weighted by molar-refractivity contribution is -0.121. The predicted octanol–water partition coefficient (Wildman–Crippen LogP) is 3.78. The van der Waals surface area contributed by atoms with Gasteiger partial charge in [0.2, 0.25) is 11.8 Å². The van der Waals surface area contributed by atoms with E-state index in [9.17, 15) is 14.4 Å². The Labute approximate surface area is 188 Å². The molecule has 0 saturated heterocycles. The summed E-state index contributed by atoms with van der Waals surface area (Å²) in [6.45, 7) is 2.33. The van der Waals surface area contributed by atoms with Crippen LogP contribution in [0.5, 0.6) is 0 Å². The van der Waals surface area contributed by atoms with Crippen molar-refractivity contribution < 1.29 is 19.1 Å². The molecule has 0 bridgehead atoms. The third kappa shape index (κ3) is 4.00. The maximum Gasteiger partial charge on any atom is 0.254 e. The summed E-state index contributed by atoms with van der Waals surface area (Å²) in [6, 6.07) is 14.5. The van der Waals surface area contributed by atoms with E-state index in [4.69, 9.17) is 4.74 Å². The van der Waals surface area contributed by atoms with Crippen LogP contribution in [0.2, 0.25) is 0 Å². The molecule has 7 heteroatoms. The molecule has 0 radical (unpaired) electrons. The van der Waals surface area contributed by atoms with Gasteiger partial charge >= 0.3 is 0 Å². The van der Waals surface area contributed by atoms with Gasteiger partial charge in [0.1, 0.15) is 0 Å². The minimum Gasteiger partial charge on any atom is -0.383 e. The maximum atomic E-state index is 13.7. The molecule has 32 heavy (non-hydrogen) atoms. The maximum absolute atomic E-state index is 13.7. The number of nitrogens with one attached hydrogen (secondary N) is 2. The van der Waals surface area contributed by atoms with E-state index in [0.29, 0.717) is 30.1 Å². The third-order valence-corrected chi connectivity index (χ3v) is 6.55. The first-order valence-electron chi connectivity index (χ1n) is 11.0. The molecule has 1 saturated carbocycles. The van der Waals surface area contributed by atoms with E-state index < -0.39 is 11.5 Å². The Hall–Kier alpha value is -3.19. The molecule has 0 aromatic heterocycles. The molecule has 2 N–H and O–H groups in total. The smallest absolute Gasteiger partial charge is 0.254 e. The Morgan fingerprint density at radius 1 is 1.03 bits per heavy atom. The van der Waals surface area contributed by atoms with E-state index in [2.05, 4.69) is 10.6 Å². The minimum absolute atomic E-state index is 0.0248. The topological polar surface area (TPSA) is 87.7 Å². The fourth-order valence-corrected chi connectivity index (χ4v) is 5.23. The number of nitrogens with zero attached hydrogens (tertiary/aromatic N) is 1. The second kappa shape index (κ2) is 9.12. The summed E-state index contributed by atoms with van der Waals surface area (Å²) in [5.41, 5.74) is 2.14. The summed E-state index contributed by atoms with van der Waals surface area (Å²) in [5, 5.41) is 5.78. The summed E-state index contributed by atoms with van der Waals surface area (Å²) < 4.78 is 5.29. The van der Waals surface area contributed by atoms with Crippen LogP contribution in [0.1, 0.15) is 54.4 Å². The Morgan fingerprint density at radius 2 is 1.66 bits per heavy atom. The number of hydrogen-bond acceptors (Lipinski definition) is 4. The summed E-state index contributed by atoms with van der Waals surface area (Å²) in [6.07, 6.45) is 3.54. The Morgan fingerprint density at radius 3 is 2.28 bits per heavy atom. The van der Waals surface area contributed by atoms with Crippen molar-refractivity contribution in [2.24, 2.45) is 0 Å². The van der Waals surface area contributed by atoms with Crippen molar-refractivity contribution >= 4 is 29.1 Å². The van der Waals surface area contributed by atoms with E-state index in [0.717, 1.165) is 31.2 Å². The molecule has 7 nitrogen and oxygen atoms in total. The van der Waals surface area contributed by atoms with E-state index in [1.807, 2.05) is 29.2 Å². The van der Waals surface area contributed by atoms with Crippen molar-refractivity contribution in [2.75, 3.05) is 30.9 Å². The number of rotatable bonds is 6. The van der Waals surface area contributed by atoms with Gasteiger partial charge in [0.25, 0.3) is 5.91 Å². The van der Waals surface area contributed by atoms with Crippen LogP contribution >= 0.6 is 0 Å². The van der Waals surface area contributed by atoms with Gasteiger partial charge in [-0.3, -0.25) is 14.4 Å². The molecule has 1 atom stereocenters. The Kier molecular flexibility index (Phi) is 6.28. The van der Waals surface area contributed by atoms with Gasteiger partial charge in [-0.2, -0.15) is 0 Å². The standard InChI is InChI=1S/C25H29N3O4/c1-17(29)26-18-9-11-19(12-10-18)27-23(30)22-20-7-3-4-8-21(20)24(31)28(15-16-32-2)25(22)13-5-6-14-25/h3-4,7-12,22H,5-6,13-16H2,1-2H3,(H,26,29)(H,27,30)/t22-/m1/s1. The van der Waals surface area contributed by atoms with Gasteiger partial charge in [0.15, 0.2) is 0 Å². The molecule has 2 aromatic rings. The Bertz CT molecular complexity index is 1010. The molecule has 2 aliphatic rings. The summed E-state index contributed by atoms with van der Waals surface area (Å²) in [5.74, 6) is -0.764. The number of carbonyl (C=O) groups excluding carboxylic acids is 3. The molecule has 1 aliphatic heterocycles. The highest BCUT2D eigenvalue weighted by Crippen LogP contribution is 2.50. The zero-order chi connectivity index (χ0) is 22.7. The van der Waals surface area contributed by atoms with Crippen molar-refractivity contribution in [3.63, 3.8) is 0 Å². The number of fused-ring (bicyclic) bond motifs is 1. The zero-order valence-electron chi connectivity index (χ0n) is 18.5. The molecule has 2 aromatic carbocycles. The van der Waals surface area contributed by atoms with Crippen molar-refractivity contribution in [3.8, 4) is 0 Å². The largest absolute Gasteiger partial charge is 0.383 e. The monoisotopic (exact) mass is 435 g/mol. The molecule has 1 aliphatic carbocycles. The van der Waals surface area contributed by atoms with Gasteiger partial charge in [0, 0.05) is 37.5 Å². The van der Waals surface area contributed by atoms with Crippen molar-refractivity contribution in [1.82, 2.24) is 4.90 Å². The van der Waals surface area contributed by atoms with Crippen LogP contribution in [0.15, 0.2) is 48.5 Å². The van der Waals surface area contributed by atoms with Gasteiger partial charge in [-0.05, 0) is 48.7 Å². The van der Waals surface area contributed by atoms with Gasteiger partial charge in [-0.25, -0.2) is 0 Å². The number of anilines is 2. The van der Waals surface area contributed by atoms with Crippen molar-refractivity contribution in [1.29, 1.82) is 0 Å². The summed E-state index contributed by atoms with van der Waals surface area (Å²) in [7, 11) is 1.62. The number of amides is 3. The van der Waals surface area contributed by atoms with Crippen LogP contribution in [-0.2, 0) is 14.3 Å². The van der Waals surface area contributed by atoms with Gasteiger partial charge in [-0.15, -0.1) is 0 Å². The molecule has 4 rings (SSSR count). The van der Waals surface area contributed by atoms with Gasteiger partial charge < -0.3 is 20.3 Å². The fourth-order valence-electron chi connectivity index (χ4n) is 5.23. The number of benzene rings is 2. The highest BCUT2D eigenvalue weighted by molar-refractivity contribution is 6.05. The summed E-state index contributed by atoms with van der Waals surface area (Å²) >= 11 is 0. The average Bonchev–Trinajstić information content (AvgIpc) is 3.24. The van der Waals surface area contributed by atoms with Gasteiger partial charge in [0.05, 0.1) is 18.1 Å². The molecule has 1 fully saturated rings. The minimum atomic E-state index is -0.551. The lowest BCUT2D eigenvalue weighted by atomic mass is 9.71. The first-order chi connectivity index (χ1) is 15.5. The van der Waals surface area contributed by atoms with Crippen LogP contribution in [0.3, 0.4) is 0 Å². The molecule has 0 unspecified atom stereocenters. The normalized spacial score (nSPS) is 19.0.